The quantitative estimate of drug-likeness (QED) is 0.611. The smallest absolute Gasteiger partial charge is 0.335 e. The number of halogens is 2. The normalized spacial score (nSPS) is 17.6. The van der Waals surface area contributed by atoms with Crippen molar-refractivity contribution in [3.05, 3.63) is 81.6 Å². The minimum absolute atomic E-state index is 0.106. The van der Waals surface area contributed by atoms with Gasteiger partial charge in [0, 0.05) is 18.9 Å². The van der Waals surface area contributed by atoms with Crippen molar-refractivity contribution < 1.29 is 28.9 Å². The Labute approximate surface area is 188 Å². The summed E-state index contributed by atoms with van der Waals surface area (Å²) in [7, 11) is 3.09. The summed E-state index contributed by atoms with van der Waals surface area (Å²) in [5, 5.41) is 12.1. The van der Waals surface area contributed by atoms with Gasteiger partial charge < -0.3 is 24.6 Å². The summed E-state index contributed by atoms with van der Waals surface area (Å²) in [5.74, 6) is -0.723. The second kappa shape index (κ2) is 9.87. The lowest BCUT2D eigenvalue weighted by Crippen LogP contribution is -2.33. The monoisotopic (exact) mass is 463 g/mol. The molecule has 3 rings (SSSR count). The molecule has 2 N–H and O–H groups in total. The fraction of sp³-hybridized carbons (Fsp3) is 0.182. The highest BCUT2D eigenvalue weighted by molar-refractivity contribution is 6.42. The Morgan fingerprint density at radius 3 is 2.32 bits per heavy atom. The molecule has 9 heteroatoms. The summed E-state index contributed by atoms with van der Waals surface area (Å²) in [4.78, 5) is 23.9. The number of ether oxygens (including phenoxy) is 3. The van der Waals surface area contributed by atoms with E-state index in [1.54, 1.807) is 25.3 Å². The van der Waals surface area contributed by atoms with Gasteiger partial charge in [-0.15, -0.1) is 0 Å². The third-order valence-electron chi connectivity index (χ3n) is 4.53. The number of hydrogen-bond acceptors (Lipinski definition) is 5. The number of aromatic carboxylic acids is 1. The number of methoxy groups -OCH3 is 2. The van der Waals surface area contributed by atoms with Crippen molar-refractivity contribution in [3.8, 4) is 5.75 Å². The minimum Gasteiger partial charge on any atom is -0.497 e. The van der Waals surface area contributed by atoms with Crippen LogP contribution in [-0.4, -0.2) is 43.4 Å². The van der Waals surface area contributed by atoms with Gasteiger partial charge in [0.05, 0.1) is 28.3 Å². The Bertz CT molecular complexity index is 1050. The molecule has 2 unspecified atom stereocenters. The first-order chi connectivity index (χ1) is 14.8. The van der Waals surface area contributed by atoms with Crippen LogP contribution >= 0.6 is 23.2 Å². The third kappa shape index (κ3) is 5.38. The van der Waals surface area contributed by atoms with Crippen LogP contribution in [0.2, 0.25) is 10.0 Å². The van der Waals surface area contributed by atoms with Crippen molar-refractivity contribution in [2.75, 3.05) is 19.5 Å². The van der Waals surface area contributed by atoms with Gasteiger partial charge in [-0.3, -0.25) is 4.79 Å². The van der Waals surface area contributed by atoms with E-state index >= 15 is 0 Å². The fourth-order valence-corrected chi connectivity index (χ4v) is 3.22. The molecule has 0 aliphatic heterocycles. The molecule has 2 aromatic carbocycles. The third-order valence-corrected chi connectivity index (χ3v) is 5.25. The van der Waals surface area contributed by atoms with Crippen LogP contribution in [0.3, 0.4) is 0 Å². The zero-order valence-corrected chi connectivity index (χ0v) is 18.1. The van der Waals surface area contributed by atoms with E-state index in [4.69, 9.17) is 42.5 Å². The number of amides is 1. The number of hydrogen-bond donors (Lipinski definition) is 2. The Morgan fingerprint density at radius 1 is 1.03 bits per heavy atom. The van der Waals surface area contributed by atoms with E-state index < -0.39 is 24.1 Å². The number of carboxylic acid groups (broad SMARTS) is 1. The van der Waals surface area contributed by atoms with Crippen LogP contribution in [0.1, 0.15) is 20.7 Å². The Hall–Kier alpha value is -3.00. The van der Waals surface area contributed by atoms with Gasteiger partial charge >= 0.3 is 5.97 Å². The van der Waals surface area contributed by atoms with E-state index in [0.29, 0.717) is 11.4 Å². The van der Waals surface area contributed by atoms with Crippen molar-refractivity contribution in [1.29, 1.82) is 0 Å². The average molecular weight is 464 g/mol. The van der Waals surface area contributed by atoms with Crippen LogP contribution in [0.5, 0.6) is 5.75 Å². The van der Waals surface area contributed by atoms with Gasteiger partial charge in [0.1, 0.15) is 23.7 Å². The predicted molar refractivity (Wildman–Crippen MR) is 117 cm³/mol. The Balaban J connectivity index is 1.86. The maximum atomic E-state index is 12.9. The molecule has 31 heavy (non-hydrogen) atoms. The molecule has 1 amide bonds. The number of anilines is 1. The molecule has 0 saturated heterocycles. The maximum Gasteiger partial charge on any atom is 0.335 e. The van der Waals surface area contributed by atoms with Gasteiger partial charge in [-0.25, -0.2) is 4.79 Å². The van der Waals surface area contributed by atoms with Crippen LogP contribution in [0.15, 0.2) is 60.4 Å². The lowest BCUT2D eigenvalue weighted by Gasteiger charge is -2.26. The molecular weight excluding hydrogens is 445 g/mol. The summed E-state index contributed by atoms with van der Waals surface area (Å²) < 4.78 is 16.7. The molecule has 0 spiro atoms. The van der Waals surface area contributed by atoms with Crippen molar-refractivity contribution >= 4 is 40.8 Å². The molecule has 0 radical (unpaired) electrons. The number of rotatable bonds is 7. The molecule has 0 aromatic heterocycles. The molecule has 162 valence electrons. The summed E-state index contributed by atoms with van der Waals surface area (Å²) in [6.45, 7) is 0. The van der Waals surface area contributed by atoms with E-state index in [0.717, 1.165) is 0 Å². The zero-order valence-electron chi connectivity index (χ0n) is 16.6. The van der Waals surface area contributed by atoms with Crippen molar-refractivity contribution in [1.82, 2.24) is 0 Å². The summed E-state index contributed by atoms with van der Waals surface area (Å²) in [5.41, 5.74) is 0.670. The zero-order chi connectivity index (χ0) is 22.5. The average Bonchev–Trinajstić information content (AvgIpc) is 2.76. The second-order valence-electron chi connectivity index (χ2n) is 6.51. The van der Waals surface area contributed by atoms with Crippen LogP contribution in [0.25, 0.3) is 0 Å². The van der Waals surface area contributed by atoms with Crippen LogP contribution in [0, 0.1) is 0 Å². The number of carbonyl (C=O) groups excluding carboxylic acids is 1. The lowest BCUT2D eigenvalue weighted by molar-refractivity contribution is 0.0501. The number of nitrogens with one attached hydrogen (secondary N) is 1. The predicted octanol–water partition coefficient (Wildman–Crippen LogP) is 4.81. The van der Waals surface area contributed by atoms with Gasteiger partial charge in [-0.05, 0) is 48.6 Å². The van der Waals surface area contributed by atoms with Gasteiger partial charge in [-0.2, -0.15) is 0 Å². The first-order valence-electron chi connectivity index (χ1n) is 9.09. The molecule has 0 fully saturated rings. The summed E-state index contributed by atoms with van der Waals surface area (Å²) in [6.07, 6.45) is 4.26. The molecule has 2 aromatic rings. The van der Waals surface area contributed by atoms with E-state index in [-0.39, 0.29) is 26.9 Å². The second-order valence-corrected chi connectivity index (χ2v) is 7.33. The first kappa shape index (κ1) is 22.7. The van der Waals surface area contributed by atoms with Crippen LogP contribution < -0.4 is 10.1 Å². The largest absolute Gasteiger partial charge is 0.497 e. The van der Waals surface area contributed by atoms with Crippen molar-refractivity contribution in [3.63, 3.8) is 0 Å². The Kier molecular flexibility index (Phi) is 7.22. The van der Waals surface area contributed by atoms with Gasteiger partial charge in [0.15, 0.2) is 0 Å². The molecule has 1 aliphatic carbocycles. The summed E-state index contributed by atoms with van der Waals surface area (Å²) >= 11 is 12.3. The highest BCUT2D eigenvalue weighted by Crippen LogP contribution is 2.33. The SMILES string of the molecule is COC1=CC(OC)C(Oc2cc(Cl)c(Cl)cc2C(=O)Nc2ccc(C(=O)O)cc2)C=C1. The molecule has 1 aliphatic rings. The molecule has 0 saturated carbocycles. The van der Waals surface area contributed by atoms with Crippen molar-refractivity contribution in [2.45, 2.75) is 12.2 Å². The highest BCUT2D eigenvalue weighted by Gasteiger charge is 2.26. The number of benzene rings is 2. The summed E-state index contributed by atoms with van der Waals surface area (Å²) in [6, 6.07) is 8.62. The molecule has 7 nitrogen and oxygen atoms in total. The Morgan fingerprint density at radius 2 is 1.71 bits per heavy atom. The van der Waals surface area contributed by atoms with Gasteiger partial charge in [0.25, 0.3) is 5.91 Å². The van der Waals surface area contributed by atoms with Crippen LogP contribution in [-0.2, 0) is 9.47 Å². The molecule has 0 bridgehead atoms. The number of carboxylic acids is 1. The standard InChI is InChI=1S/C22H19Cl2NO6/c1-29-14-7-8-18(20(9-14)30-2)31-19-11-17(24)16(23)10-15(19)21(26)25-13-5-3-12(4-6-13)22(27)28/h3-11,18,20H,1-2H3,(H,25,26)(H,27,28). The van der Waals surface area contributed by atoms with E-state index in [2.05, 4.69) is 5.32 Å². The lowest BCUT2D eigenvalue weighted by atomic mass is 10.1. The first-order valence-corrected chi connectivity index (χ1v) is 9.85. The van der Waals surface area contributed by atoms with Crippen LogP contribution in [0.4, 0.5) is 5.69 Å². The molecular formula is C22H19Cl2NO6. The fourth-order valence-electron chi connectivity index (χ4n) is 2.90. The highest BCUT2D eigenvalue weighted by atomic mass is 35.5. The molecule has 2 atom stereocenters. The maximum absolute atomic E-state index is 12.9. The van der Waals surface area contributed by atoms with Gasteiger partial charge in [0.2, 0.25) is 0 Å². The van der Waals surface area contributed by atoms with E-state index in [9.17, 15) is 9.59 Å². The topological polar surface area (TPSA) is 94.1 Å². The van der Waals surface area contributed by atoms with E-state index in [1.807, 2.05) is 0 Å². The van der Waals surface area contributed by atoms with E-state index in [1.165, 1.54) is 43.5 Å². The number of allylic oxidation sites excluding steroid dienone is 1. The minimum atomic E-state index is -1.06. The van der Waals surface area contributed by atoms with Crippen molar-refractivity contribution in [2.24, 2.45) is 0 Å². The molecule has 0 heterocycles. The van der Waals surface area contributed by atoms with Gasteiger partial charge in [-0.1, -0.05) is 23.2 Å². The number of carbonyl (C=O) groups is 2.